The van der Waals surface area contributed by atoms with Gasteiger partial charge in [-0.25, -0.2) is 4.79 Å². The second-order valence-corrected chi connectivity index (χ2v) is 22.0. The molecule has 0 aliphatic carbocycles. The average molecular weight is 1100 g/mol. The molecule has 0 saturated heterocycles. The van der Waals surface area contributed by atoms with E-state index in [0.29, 0.717) is 23.9 Å². The molecule has 0 aliphatic rings. The van der Waals surface area contributed by atoms with Gasteiger partial charge in [-0.15, -0.1) is 0 Å². The molecule has 0 spiro atoms. The van der Waals surface area contributed by atoms with Crippen molar-refractivity contribution >= 4 is 17.9 Å². The SMILES string of the molecule is CC/C=C\C/C=C\C/C=C\C/C=C\C/C=C\C/C=C\C/C=C\C/C=C\C/C=C\C/C=C\CCCCCCCCCCC(=O)OC(COC(=O)CCCCCCCCCCCCCCCCC)COC(OCC[N+](C)(C)C)C(=O)O. The van der Waals surface area contributed by atoms with Crippen LogP contribution in [0.2, 0.25) is 0 Å². The standard InChI is InChI=1S/C70H117NO8/c1-6-8-10-12-14-16-18-20-22-23-24-25-26-27-28-29-30-31-32-33-34-35-36-37-38-39-40-41-42-43-44-45-47-49-51-53-55-57-59-61-68(73)79-66(65-78-70(69(74)75)76-63-62-71(3,4)5)64-77-67(72)60-58-56-54-52-50-48-46-21-19-17-15-13-11-9-7-2/h8,10,14,16,20,22,24-25,27-28,30-31,33-34,36-37,39-40,42-43,66,70H,6-7,9,11-13,15,17-19,21,23,26,29,32,35,38,41,44-65H2,1-5H3/p+1/b10-8-,16-14-,22-20-,25-24-,28-27-,31-30-,34-33-,37-36-,40-39-,43-42-. The first-order valence-corrected chi connectivity index (χ1v) is 31.7. The van der Waals surface area contributed by atoms with Gasteiger partial charge < -0.3 is 28.5 Å². The molecule has 2 unspecified atom stereocenters. The van der Waals surface area contributed by atoms with Crippen LogP contribution in [0.1, 0.15) is 245 Å². The minimum absolute atomic E-state index is 0.182. The van der Waals surface area contributed by atoms with Gasteiger partial charge in [-0.1, -0.05) is 264 Å². The van der Waals surface area contributed by atoms with Crippen LogP contribution < -0.4 is 0 Å². The van der Waals surface area contributed by atoms with E-state index in [0.717, 1.165) is 109 Å². The molecule has 0 saturated carbocycles. The van der Waals surface area contributed by atoms with Crippen LogP contribution in [-0.2, 0) is 33.3 Å². The summed E-state index contributed by atoms with van der Waals surface area (Å²) in [5.41, 5.74) is 0. The highest BCUT2D eigenvalue weighted by molar-refractivity contribution is 5.71. The number of hydrogen-bond acceptors (Lipinski definition) is 7. The van der Waals surface area contributed by atoms with Crippen molar-refractivity contribution in [3.63, 3.8) is 0 Å². The fourth-order valence-electron chi connectivity index (χ4n) is 8.39. The number of esters is 2. The molecular weight excluding hydrogens is 983 g/mol. The minimum atomic E-state index is -1.52. The number of quaternary nitrogens is 1. The third kappa shape index (κ3) is 61.2. The van der Waals surface area contributed by atoms with Crippen molar-refractivity contribution in [1.29, 1.82) is 0 Å². The predicted molar refractivity (Wildman–Crippen MR) is 336 cm³/mol. The zero-order valence-electron chi connectivity index (χ0n) is 51.2. The van der Waals surface area contributed by atoms with E-state index in [2.05, 4.69) is 135 Å². The van der Waals surface area contributed by atoms with Gasteiger partial charge in [0.15, 0.2) is 6.10 Å². The molecule has 0 radical (unpaired) electrons. The van der Waals surface area contributed by atoms with Crippen LogP contribution in [0.25, 0.3) is 0 Å². The zero-order chi connectivity index (χ0) is 57.6. The lowest BCUT2D eigenvalue weighted by atomic mass is 10.0. The van der Waals surface area contributed by atoms with Crippen LogP contribution in [0.15, 0.2) is 122 Å². The third-order valence-electron chi connectivity index (χ3n) is 13.2. The topological polar surface area (TPSA) is 108 Å². The number of unbranched alkanes of at least 4 members (excludes halogenated alkanes) is 22. The maximum atomic E-state index is 12.9. The van der Waals surface area contributed by atoms with Crippen LogP contribution in [-0.4, -0.2) is 87.4 Å². The minimum Gasteiger partial charge on any atom is -0.477 e. The van der Waals surface area contributed by atoms with E-state index in [1.54, 1.807) is 0 Å². The molecule has 1 N–H and O–H groups in total. The van der Waals surface area contributed by atoms with Gasteiger partial charge in [0.2, 0.25) is 0 Å². The smallest absolute Gasteiger partial charge is 0.361 e. The Kier molecular flexibility index (Phi) is 56.5. The van der Waals surface area contributed by atoms with E-state index in [9.17, 15) is 19.5 Å². The molecular formula is C70H118NO8+. The van der Waals surface area contributed by atoms with E-state index < -0.39 is 24.3 Å². The zero-order valence-corrected chi connectivity index (χ0v) is 51.2. The molecule has 2 atom stereocenters. The van der Waals surface area contributed by atoms with Crippen molar-refractivity contribution in [3.8, 4) is 0 Å². The van der Waals surface area contributed by atoms with Gasteiger partial charge in [0.25, 0.3) is 6.29 Å². The lowest BCUT2D eigenvalue weighted by molar-refractivity contribution is -0.870. The summed E-state index contributed by atoms with van der Waals surface area (Å²) in [5.74, 6) is -2.02. The largest absolute Gasteiger partial charge is 0.477 e. The first-order chi connectivity index (χ1) is 38.6. The number of hydrogen-bond donors (Lipinski definition) is 1. The molecule has 0 bridgehead atoms. The highest BCUT2D eigenvalue weighted by atomic mass is 16.7. The summed E-state index contributed by atoms with van der Waals surface area (Å²) < 4.78 is 22.9. The van der Waals surface area contributed by atoms with Crippen LogP contribution in [0.4, 0.5) is 0 Å². The Morgan fingerprint density at radius 2 is 0.722 bits per heavy atom. The van der Waals surface area contributed by atoms with Crippen LogP contribution in [0.5, 0.6) is 0 Å². The number of ether oxygens (including phenoxy) is 4. The summed E-state index contributed by atoms with van der Waals surface area (Å²) in [7, 11) is 5.96. The van der Waals surface area contributed by atoms with E-state index in [1.807, 2.05) is 21.1 Å². The van der Waals surface area contributed by atoms with Crippen LogP contribution in [0.3, 0.4) is 0 Å². The number of carboxylic acid groups (broad SMARTS) is 1. The van der Waals surface area contributed by atoms with E-state index in [1.165, 1.54) is 103 Å². The molecule has 0 rings (SSSR count). The van der Waals surface area contributed by atoms with Crippen LogP contribution >= 0.6 is 0 Å². The molecule has 9 nitrogen and oxygen atoms in total. The molecule has 0 aromatic rings. The summed E-state index contributed by atoms with van der Waals surface area (Å²) in [4.78, 5) is 37.4. The van der Waals surface area contributed by atoms with Crippen molar-refractivity contribution in [2.75, 3.05) is 47.5 Å². The Morgan fingerprint density at radius 1 is 0.392 bits per heavy atom. The fraction of sp³-hybridized carbons (Fsp3) is 0.671. The Bertz CT molecular complexity index is 1710. The number of allylic oxidation sites excluding steroid dienone is 20. The maximum absolute atomic E-state index is 12.9. The maximum Gasteiger partial charge on any atom is 0.361 e. The Hall–Kier alpha value is -4.31. The van der Waals surface area contributed by atoms with Crippen molar-refractivity contribution in [1.82, 2.24) is 0 Å². The summed E-state index contributed by atoms with van der Waals surface area (Å²) in [6, 6.07) is 0. The molecule has 0 amide bonds. The first kappa shape index (κ1) is 74.7. The highest BCUT2D eigenvalue weighted by Crippen LogP contribution is 2.16. The number of likely N-dealkylation sites (N-methyl/N-ethyl adjacent to an activating group) is 1. The lowest BCUT2D eigenvalue weighted by Crippen LogP contribution is -2.40. The van der Waals surface area contributed by atoms with Gasteiger partial charge in [0, 0.05) is 12.8 Å². The summed E-state index contributed by atoms with van der Waals surface area (Å²) in [5, 5.41) is 9.71. The van der Waals surface area contributed by atoms with Gasteiger partial charge in [0.05, 0.1) is 34.4 Å². The quantitative estimate of drug-likeness (QED) is 0.0211. The van der Waals surface area contributed by atoms with Gasteiger partial charge in [-0.2, -0.15) is 0 Å². The second-order valence-electron chi connectivity index (χ2n) is 22.0. The van der Waals surface area contributed by atoms with Gasteiger partial charge >= 0.3 is 17.9 Å². The summed E-state index contributed by atoms with van der Waals surface area (Å²) >= 11 is 0. The second kappa shape index (κ2) is 59.8. The Morgan fingerprint density at radius 3 is 1.08 bits per heavy atom. The fourth-order valence-corrected chi connectivity index (χ4v) is 8.39. The van der Waals surface area contributed by atoms with Gasteiger partial charge in [-0.3, -0.25) is 9.59 Å². The van der Waals surface area contributed by atoms with E-state index >= 15 is 0 Å². The van der Waals surface area contributed by atoms with E-state index in [4.69, 9.17) is 18.9 Å². The van der Waals surface area contributed by atoms with Crippen molar-refractivity contribution in [2.24, 2.45) is 0 Å². The summed E-state index contributed by atoms with van der Waals surface area (Å²) in [6.45, 7) is 4.75. The average Bonchev–Trinajstić information content (AvgIpc) is 3.42. The predicted octanol–water partition coefficient (Wildman–Crippen LogP) is 19.2. The van der Waals surface area contributed by atoms with Crippen LogP contribution in [0, 0.1) is 0 Å². The van der Waals surface area contributed by atoms with Gasteiger partial charge in [-0.05, 0) is 89.9 Å². The molecule has 0 heterocycles. The molecule has 9 heteroatoms. The number of nitrogens with zero attached hydrogens (tertiary/aromatic N) is 1. The first-order valence-electron chi connectivity index (χ1n) is 31.7. The molecule has 0 aromatic carbocycles. The third-order valence-corrected chi connectivity index (χ3v) is 13.2. The van der Waals surface area contributed by atoms with Crippen molar-refractivity contribution in [3.05, 3.63) is 122 Å². The van der Waals surface area contributed by atoms with Crippen molar-refractivity contribution in [2.45, 2.75) is 257 Å². The lowest BCUT2D eigenvalue weighted by Gasteiger charge is -2.25. The number of carbonyl (C=O) groups is 3. The number of rotatable bonds is 57. The van der Waals surface area contributed by atoms with E-state index in [-0.39, 0.29) is 32.2 Å². The number of aliphatic carboxylic acids is 1. The highest BCUT2D eigenvalue weighted by Gasteiger charge is 2.25. The number of carboxylic acids is 1. The molecule has 0 aliphatic heterocycles. The molecule has 79 heavy (non-hydrogen) atoms. The monoisotopic (exact) mass is 1100 g/mol. The Balaban J connectivity index is 4.17. The Labute approximate surface area is 485 Å². The van der Waals surface area contributed by atoms with Crippen molar-refractivity contribution < 1.29 is 42.9 Å². The molecule has 0 fully saturated rings. The molecule has 450 valence electrons. The van der Waals surface area contributed by atoms with Gasteiger partial charge in [0.1, 0.15) is 13.2 Å². The summed E-state index contributed by atoms with van der Waals surface area (Å²) in [6.07, 6.45) is 81.5. The molecule has 0 aromatic heterocycles. The normalized spacial score (nSPS) is 13.6. The number of carbonyl (C=O) groups excluding carboxylic acids is 2.